The predicted molar refractivity (Wildman–Crippen MR) is 68.9 cm³/mol. The van der Waals surface area contributed by atoms with Crippen molar-refractivity contribution in [3.8, 4) is 0 Å². The zero-order chi connectivity index (χ0) is 11.6. The number of nitrogens with zero attached hydrogens (tertiary/aromatic N) is 2. The van der Waals surface area contributed by atoms with Crippen LogP contribution < -0.4 is 5.32 Å². The summed E-state index contributed by atoms with van der Waals surface area (Å²) in [4.78, 5) is 6.80. The molecule has 2 fully saturated rings. The molecular formula is C14H21N3. The van der Waals surface area contributed by atoms with Gasteiger partial charge in [-0.2, -0.15) is 0 Å². The topological polar surface area (TPSA) is 28.2 Å². The number of hydrogen-bond acceptors (Lipinski definition) is 3. The van der Waals surface area contributed by atoms with E-state index in [1.807, 2.05) is 18.5 Å². The van der Waals surface area contributed by atoms with Crippen LogP contribution in [0.25, 0.3) is 0 Å². The molecule has 17 heavy (non-hydrogen) atoms. The fourth-order valence-corrected chi connectivity index (χ4v) is 3.20. The second-order valence-electron chi connectivity index (χ2n) is 5.56. The van der Waals surface area contributed by atoms with E-state index in [0.29, 0.717) is 5.41 Å². The van der Waals surface area contributed by atoms with Crippen molar-refractivity contribution in [3.05, 3.63) is 30.1 Å². The van der Waals surface area contributed by atoms with Gasteiger partial charge in [0.1, 0.15) is 0 Å². The van der Waals surface area contributed by atoms with Crippen molar-refractivity contribution in [2.24, 2.45) is 5.41 Å². The van der Waals surface area contributed by atoms with Crippen molar-refractivity contribution in [1.29, 1.82) is 0 Å². The summed E-state index contributed by atoms with van der Waals surface area (Å²) in [6.45, 7) is 6.21. The van der Waals surface area contributed by atoms with Crippen molar-refractivity contribution >= 4 is 0 Å². The number of pyridine rings is 1. The zero-order valence-corrected chi connectivity index (χ0v) is 10.4. The van der Waals surface area contributed by atoms with Gasteiger partial charge in [0.2, 0.25) is 0 Å². The van der Waals surface area contributed by atoms with Crippen LogP contribution >= 0.6 is 0 Å². The lowest BCUT2D eigenvalue weighted by Crippen LogP contribution is -2.30. The number of rotatable bonds is 3. The highest BCUT2D eigenvalue weighted by Gasteiger charge is 2.39. The van der Waals surface area contributed by atoms with Gasteiger partial charge in [-0.05, 0) is 49.4 Å². The van der Waals surface area contributed by atoms with Crippen LogP contribution in [0.5, 0.6) is 0 Å². The van der Waals surface area contributed by atoms with Gasteiger partial charge in [-0.25, -0.2) is 0 Å². The van der Waals surface area contributed by atoms with Crippen LogP contribution in [0.2, 0.25) is 0 Å². The first-order chi connectivity index (χ1) is 8.36. The highest BCUT2D eigenvalue weighted by molar-refractivity contribution is 5.09. The molecular weight excluding hydrogens is 210 g/mol. The number of nitrogens with one attached hydrogen (secondary N) is 1. The third-order valence-corrected chi connectivity index (χ3v) is 4.29. The van der Waals surface area contributed by atoms with Crippen LogP contribution in [0.15, 0.2) is 24.5 Å². The standard InChI is InChI=1S/C14H21N3/c1-2-13(10-15-6-1)3-8-17-9-5-14(12-17)4-7-16-11-14/h1-2,6,10,16H,3-5,7-9,11-12H2. The van der Waals surface area contributed by atoms with Gasteiger partial charge in [0.25, 0.3) is 0 Å². The van der Waals surface area contributed by atoms with E-state index in [-0.39, 0.29) is 0 Å². The monoisotopic (exact) mass is 231 g/mol. The van der Waals surface area contributed by atoms with Gasteiger partial charge in [-0.3, -0.25) is 4.98 Å². The summed E-state index contributed by atoms with van der Waals surface area (Å²) in [5.74, 6) is 0. The molecule has 1 unspecified atom stereocenters. The van der Waals surface area contributed by atoms with E-state index in [1.54, 1.807) is 0 Å². The Morgan fingerprint density at radius 3 is 3.18 bits per heavy atom. The van der Waals surface area contributed by atoms with Crippen molar-refractivity contribution in [2.75, 3.05) is 32.7 Å². The van der Waals surface area contributed by atoms with E-state index < -0.39 is 0 Å². The van der Waals surface area contributed by atoms with Crippen LogP contribution in [0, 0.1) is 5.41 Å². The molecule has 2 aliphatic heterocycles. The lowest BCUT2D eigenvalue weighted by atomic mass is 9.87. The Hall–Kier alpha value is -0.930. The highest BCUT2D eigenvalue weighted by Crippen LogP contribution is 2.35. The average Bonchev–Trinajstić information content (AvgIpc) is 2.99. The van der Waals surface area contributed by atoms with E-state index >= 15 is 0 Å². The molecule has 92 valence electrons. The predicted octanol–water partition coefficient (Wildman–Crippen LogP) is 1.31. The van der Waals surface area contributed by atoms with Crippen molar-refractivity contribution in [2.45, 2.75) is 19.3 Å². The Labute approximate surface area is 103 Å². The van der Waals surface area contributed by atoms with Gasteiger partial charge in [-0.1, -0.05) is 6.07 Å². The molecule has 0 aromatic carbocycles. The van der Waals surface area contributed by atoms with Crippen molar-refractivity contribution in [3.63, 3.8) is 0 Å². The summed E-state index contributed by atoms with van der Waals surface area (Å²) < 4.78 is 0. The molecule has 1 aromatic heterocycles. The second kappa shape index (κ2) is 4.75. The minimum Gasteiger partial charge on any atom is -0.316 e. The molecule has 3 nitrogen and oxygen atoms in total. The molecule has 1 spiro atoms. The van der Waals surface area contributed by atoms with Gasteiger partial charge < -0.3 is 10.2 Å². The lowest BCUT2D eigenvalue weighted by molar-refractivity contribution is 0.277. The van der Waals surface area contributed by atoms with Gasteiger partial charge in [0, 0.05) is 32.0 Å². The molecule has 0 saturated carbocycles. The van der Waals surface area contributed by atoms with Crippen molar-refractivity contribution in [1.82, 2.24) is 15.2 Å². The molecule has 0 amide bonds. The van der Waals surface area contributed by atoms with Gasteiger partial charge in [-0.15, -0.1) is 0 Å². The molecule has 3 heterocycles. The molecule has 1 atom stereocenters. The molecule has 1 N–H and O–H groups in total. The molecule has 1 aromatic rings. The van der Waals surface area contributed by atoms with E-state index in [1.165, 1.54) is 51.1 Å². The van der Waals surface area contributed by atoms with Crippen LogP contribution in [0.3, 0.4) is 0 Å². The zero-order valence-electron chi connectivity index (χ0n) is 10.4. The van der Waals surface area contributed by atoms with E-state index in [0.717, 1.165) is 6.42 Å². The smallest absolute Gasteiger partial charge is 0.0300 e. The largest absolute Gasteiger partial charge is 0.316 e. The highest BCUT2D eigenvalue weighted by atomic mass is 15.2. The Balaban J connectivity index is 1.51. The third-order valence-electron chi connectivity index (χ3n) is 4.29. The van der Waals surface area contributed by atoms with Gasteiger partial charge >= 0.3 is 0 Å². The molecule has 3 rings (SSSR count). The summed E-state index contributed by atoms with van der Waals surface area (Å²) >= 11 is 0. The number of likely N-dealkylation sites (tertiary alicyclic amines) is 1. The van der Waals surface area contributed by atoms with Crippen LogP contribution in [0.1, 0.15) is 18.4 Å². The maximum atomic E-state index is 4.17. The molecule has 3 heteroatoms. The Morgan fingerprint density at radius 1 is 1.41 bits per heavy atom. The lowest BCUT2D eigenvalue weighted by Gasteiger charge is -2.22. The van der Waals surface area contributed by atoms with E-state index in [2.05, 4.69) is 21.3 Å². The SMILES string of the molecule is c1cncc(CCN2CCC3(CCNC3)C2)c1. The average molecular weight is 231 g/mol. The van der Waals surface area contributed by atoms with Crippen LogP contribution in [0.4, 0.5) is 0 Å². The second-order valence-corrected chi connectivity index (χ2v) is 5.56. The summed E-state index contributed by atoms with van der Waals surface area (Å²) in [6.07, 6.45) is 7.72. The number of hydrogen-bond donors (Lipinski definition) is 1. The van der Waals surface area contributed by atoms with E-state index in [9.17, 15) is 0 Å². The van der Waals surface area contributed by atoms with Crippen molar-refractivity contribution < 1.29 is 0 Å². The number of aromatic nitrogens is 1. The van der Waals surface area contributed by atoms with Crippen LogP contribution in [-0.2, 0) is 6.42 Å². The van der Waals surface area contributed by atoms with E-state index in [4.69, 9.17) is 0 Å². The first-order valence-corrected chi connectivity index (χ1v) is 6.68. The first-order valence-electron chi connectivity index (χ1n) is 6.68. The quantitative estimate of drug-likeness (QED) is 0.850. The molecule has 0 bridgehead atoms. The molecule has 2 aliphatic rings. The summed E-state index contributed by atoms with van der Waals surface area (Å²) in [7, 11) is 0. The summed E-state index contributed by atoms with van der Waals surface area (Å²) in [5, 5.41) is 3.51. The molecule has 0 aliphatic carbocycles. The molecule has 2 saturated heterocycles. The van der Waals surface area contributed by atoms with Crippen LogP contribution in [-0.4, -0.2) is 42.6 Å². The maximum absolute atomic E-state index is 4.17. The fourth-order valence-electron chi connectivity index (χ4n) is 3.20. The first kappa shape index (κ1) is 11.2. The summed E-state index contributed by atoms with van der Waals surface area (Å²) in [6, 6.07) is 4.21. The maximum Gasteiger partial charge on any atom is 0.0300 e. The minimum absolute atomic E-state index is 0.606. The third kappa shape index (κ3) is 2.50. The fraction of sp³-hybridized carbons (Fsp3) is 0.643. The Bertz CT molecular complexity index is 357. The normalized spacial score (nSPS) is 29.2. The minimum atomic E-state index is 0.606. The van der Waals surface area contributed by atoms with Gasteiger partial charge in [0.15, 0.2) is 0 Å². The van der Waals surface area contributed by atoms with Gasteiger partial charge in [0.05, 0.1) is 0 Å². The molecule has 0 radical (unpaired) electrons. The Morgan fingerprint density at radius 2 is 2.41 bits per heavy atom. The Kier molecular flexibility index (Phi) is 3.12. The summed E-state index contributed by atoms with van der Waals surface area (Å²) in [5.41, 5.74) is 1.97.